The number of carbonyl (C=O) groups is 2. The molecule has 0 saturated carbocycles. The molecule has 2 heterocycles. The van der Waals surface area contributed by atoms with Crippen LogP contribution in [0.1, 0.15) is 19.8 Å². The maximum absolute atomic E-state index is 12.3. The molecule has 0 radical (unpaired) electrons. The zero-order valence-electron chi connectivity index (χ0n) is 11.5. The van der Waals surface area contributed by atoms with E-state index in [1.165, 1.54) is 0 Å². The maximum atomic E-state index is 12.3. The first kappa shape index (κ1) is 14.7. The average molecular weight is 285 g/mol. The number of piperidine rings is 1. The van der Waals surface area contributed by atoms with Crippen LogP contribution < -0.4 is 10.6 Å². The van der Waals surface area contributed by atoms with Crippen LogP contribution in [0.5, 0.6) is 0 Å². The second-order valence-corrected chi connectivity index (χ2v) is 6.23. The lowest BCUT2D eigenvalue weighted by atomic mass is 9.95. The number of nitrogens with one attached hydrogen (secondary N) is 2. The molecule has 2 amide bonds. The van der Waals surface area contributed by atoms with Crippen molar-refractivity contribution in [3.8, 4) is 0 Å². The fraction of sp³-hybridized carbons (Fsp3) is 0.846. The van der Waals surface area contributed by atoms with Crippen LogP contribution in [0.15, 0.2) is 0 Å². The number of thioether (sulfide) groups is 1. The summed E-state index contributed by atoms with van der Waals surface area (Å²) in [5, 5.41) is 6.14. The molecule has 2 rings (SSSR count). The lowest BCUT2D eigenvalue weighted by molar-refractivity contribution is -0.136. The van der Waals surface area contributed by atoms with Gasteiger partial charge in [0.15, 0.2) is 0 Å². The monoisotopic (exact) mass is 285 g/mol. The molecule has 0 aromatic carbocycles. The van der Waals surface area contributed by atoms with Crippen molar-refractivity contribution in [2.24, 2.45) is 5.92 Å². The third-order valence-corrected chi connectivity index (χ3v) is 4.81. The summed E-state index contributed by atoms with van der Waals surface area (Å²) in [7, 11) is 0. The Morgan fingerprint density at radius 2 is 2.11 bits per heavy atom. The predicted molar refractivity (Wildman–Crippen MR) is 77.1 cm³/mol. The van der Waals surface area contributed by atoms with E-state index in [1.54, 1.807) is 0 Å². The number of nitrogens with zero attached hydrogens (tertiary/aromatic N) is 1. The van der Waals surface area contributed by atoms with Gasteiger partial charge in [-0.1, -0.05) is 0 Å². The minimum atomic E-state index is -0.0280. The molecule has 2 aliphatic rings. The zero-order chi connectivity index (χ0) is 13.7. The Morgan fingerprint density at radius 1 is 1.37 bits per heavy atom. The van der Waals surface area contributed by atoms with Gasteiger partial charge in [-0.05, 0) is 19.8 Å². The lowest BCUT2D eigenvalue weighted by Crippen LogP contribution is -2.53. The second kappa shape index (κ2) is 7.14. The van der Waals surface area contributed by atoms with E-state index in [2.05, 4.69) is 10.6 Å². The first-order chi connectivity index (χ1) is 9.22. The minimum absolute atomic E-state index is 0.0280. The third-order valence-electron chi connectivity index (χ3n) is 3.75. The van der Waals surface area contributed by atoms with Crippen LogP contribution in [-0.2, 0) is 9.59 Å². The number of hydrogen-bond acceptors (Lipinski definition) is 4. The molecule has 19 heavy (non-hydrogen) atoms. The molecule has 0 spiro atoms. The Bertz CT molecular complexity index is 324. The Morgan fingerprint density at radius 3 is 2.68 bits per heavy atom. The number of rotatable bonds is 3. The van der Waals surface area contributed by atoms with Crippen molar-refractivity contribution < 1.29 is 9.59 Å². The molecule has 0 aliphatic carbocycles. The highest BCUT2D eigenvalue weighted by atomic mass is 32.2. The van der Waals surface area contributed by atoms with Crippen molar-refractivity contribution in [3.05, 3.63) is 0 Å². The van der Waals surface area contributed by atoms with E-state index in [0.29, 0.717) is 19.6 Å². The van der Waals surface area contributed by atoms with Crippen molar-refractivity contribution >= 4 is 23.6 Å². The largest absolute Gasteiger partial charge is 0.356 e. The molecule has 0 aromatic heterocycles. The van der Waals surface area contributed by atoms with Gasteiger partial charge in [-0.15, -0.1) is 0 Å². The summed E-state index contributed by atoms with van der Waals surface area (Å²) in [6, 6.07) is -0.0280. The molecule has 2 aliphatic heterocycles. The lowest BCUT2D eigenvalue weighted by Gasteiger charge is -2.34. The maximum Gasteiger partial charge on any atom is 0.240 e. The fourth-order valence-electron chi connectivity index (χ4n) is 2.63. The standard InChI is InChI=1S/C13H23N3O2S/c1-2-14-12(17)10-3-6-16(7-4-10)13(18)11-9-19-8-5-15-11/h10-11,15H,2-9H2,1H3,(H,14,17). The van der Waals surface area contributed by atoms with E-state index in [0.717, 1.165) is 30.9 Å². The van der Waals surface area contributed by atoms with Crippen molar-refractivity contribution in [2.45, 2.75) is 25.8 Å². The molecule has 0 aromatic rings. The normalized spacial score (nSPS) is 25.1. The van der Waals surface area contributed by atoms with Crippen LogP contribution in [0, 0.1) is 5.92 Å². The number of amides is 2. The molecule has 5 nitrogen and oxygen atoms in total. The predicted octanol–water partition coefficient (Wildman–Crippen LogP) is 0.0661. The summed E-state index contributed by atoms with van der Waals surface area (Å²) in [5.74, 6) is 2.39. The molecule has 108 valence electrons. The Labute approximate surface area is 118 Å². The Hall–Kier alpha value is -0.750. The average Bonchev–Trinajstić information content (AvgIpc) is 2.48. The zero-order valence-corrected chi connectivity index (χ0v) is 12.3. The smallest absolute Gasteiger partial charge is 0.240 e. The van der Waals surface area contributed by atoms with Gasteiger partial charge in [-0.3, -0.25) is 9.59 Å². The van der Waals surface area contributed by atoms with E-state index in [4.69, 9.17) is 0 Å². The van der Waals surface area contributed by atoms with Crippen LogP contribution in [0.2, 0.25) is 0 Å². The Balaban J connectivity index is 1.79. The number of carbonyl (C=O) groups excluding carboxylic acids is 2. The number of hydrogen-bond donors (Lipinski definition) is 2. The fourth-order valence-corrected chi connectivity index (χ4v) is 3.55. The van der Waals surface area contributed by atoms with Crippen molar-refractivity contribution in [1.29, 1.82) is 0 Å². The van der Waals surface area contributed by atoms with Gasteiger partial charge in [0.1, 0.15) is 0 Å². The van der Waals surface area contributed by atoms with Crippen LogP contribution in [0.3, 0.4) is 0 Å². The third kappa shape index (κ3) is 3.86. The topological polar surface area (TPSA) is 61.4 Å². The van der Waals surface area contributed by atoms with Gasteiger partial charge in [-0.2, -0.15) is 11.8 Å². The highest BCUT2D eigenvalue weighted by Gasteiger charge is 2.31. The van der Waals surface area contributed by atoms with Crippen LogP contribution in [0.25, 0.3) is 0 Å². The molecule has 2 saturated heterocycles. The molecule has 2 fully saturated rings. The van der Waals surface area contributed by atoms with E-state index >= 15 is 0 Å². The first-order valence-corrected chi connectivity index (χ1v) is 8.25. The van der Waals surface area contributed by atoms with Gasteiger partial charge in [-0.25, -0.2) is 0 Å². The molecular formula is C13H23N3O2S. The van der Waals surface area contributed by atoms with E-state index in [-0.39, 0.29) is 23.8 Å². The SMILES string of the molecule is CCNC(=O)C1CCN(C(=O)C2CSCCN2)CC1. The van der Waals surface area contributed by atoms with Gasteiger partial charge in [0.2, 0.25) is 11.8 Å². The summed E-state index contributed by atoms with van der Waals surface area (Å²) in [6.07, 6.45) is 1.58. The summed E-state index contributed by atoms with van der Waals surface area (Å²) in [6.45, 7) is 4.95. The molecule has 0 bridgehead atoms. The quantitative estimate of drug-likeness (QED) is 0.770. The van der Waals surface area contributed by atoms with Gasteiger partial charge in [0.25, 0.3) is 0 Å². The van der Waals surface area contributed by atoms with Crippen molar-refractivity contribution in [3.63, 3.8) is 0 Å². The molecule has 6 heteroatoms. The Kier molecular flexibility index (Phi) is 5.51. The summed E-state index contributed by atoms with van der Waals surface area (Å²) < 4.78 is 0. The van der Waals surface area contributed by atoms with Crippen LogP contribution in [-0.4, -0.2) is 60.4 Å². The molecule has 1 atom stereocenters. The van der Waals surface area contributed by atoms with E-state index in [9.17, 15) is 9.59 Å². The molecular weight excluding hydrogens is 262 g/mol. The van der Waals surface area contributed by atoms with Gasteiger partial charge in [0, 0.05) is 43.6 Å². The minimum Gasteiger partial charge on any atom is -0.356 e. The summed E-state index contributed by atoms with van der Waals surface area (Å²) >= 11 is 1.83. The highest BCUT2D eigenvalue weighted by Crippen LogP contribution is 2.19. The van der Waals surface area contributed by atoms with E-state index in [1.807, 2.05) is 23.6 Å². The summed E-state index contributed by atoms with van der Waals surface area (Å²) in [4.78, 5) is 26.0. The van der Waals surface area contributed by atoms with Crippen LogP contribution >= 0.6 is 11.8 Å². The van der Waals surface area contributed by atoms with Gasteiger partial charge < -0.3 is 15.5 Å². The van der Waals surface area contributed by atoms with Crippen molar-refractivity contribution in [2.75, 3.05) is 37.7 Å². The van der Waals surface area contributed by atoms with Crippen LogP contribution in [0.4, 0.5) is 0 Å². The number of likely N-dealkylation sites (tertiary alicyclic amines) is 1. The van der Waals surface area contributed by atoms with Crippen molar-refractivity contribution in [1.82, 2.24) is 15.5 Å². The second-order valence-electron chi connectivity index (χ2n) is 5.08. The molecule has 2 N–H and O–H groups in total. The molecule has 1 unspecified atom stereocenters. The van der Waals surface area contributed by atoms with E-state index < -0.39 is 0 Å². The first-order valence-electron chi connectivity index (χ1n) is 7.10. The summed E-state index contributed by atoms with van der Waals surface area (Å²) in [5.41, 5.74) is 0. The highest BCUT2D eigenvalue weighted by molar-refractivity contribution is 7.99. The van der Waals surface area contributed by atoms with Gasteiger partial charge in [0.05, 0.1) is 6.04 Å². The van der Waals surface area contributed by atoms with Gasteiger partial charge >= 0.3 is 0 Å².